The zero-order chi connectivity index (χ0) is 17.2. The average Bonchev–Trinajstić information content (AvgIpc) is 3.37. The van der Waals surface area contributed by atoms with Crippen molar-refractivity contribution in [1.82, 2.24) is 19.7 Å². The minimum Gasteiger partial charge on any atom is -0.444 e. The Kier molecular flexibility index (Phi) is 4.09. The molecule has 2 aromatic heterocycles. The molecule has 6 nitrogen and oxygen atoms in total. The molecule has 1 atom stereocenters. The largest absolute Gasteiger partial charge is 0.444 e. The quantitative estimate of drug-likeness (QED) is 0.734. The van der Waals surface area contributed by atoms with Gasteiger partial charge in [-0.05, 0) is 37.5 Å². The maximum atomic E-state index is 12.9. The highest BCUT2D eigenvalue weighted by atomic mass is 16.3. The first-order valence-corrected chi connectivity index (χ1v) is 8.49. The monoisotopic (exact) mass is 336 g/mol. The lowest BCUT2D eigenvalue weighted by molar-refractivity contribution is 0.0721. The summed E-state index contributed by atoms with van der Waals surface area (Å²) in [6, 6.07) is 7.70. The fourth-order valence-corrected chi connectivity index (χ4v) is 3.38. The molecule has 1 aliphatic rings. The molecule has 0 unspecified atom stereocenters. The minimum atomic E-state index is 0.0792. The van der Waals surface area contributed by atoms with Gasteiger partial charge in [-0.15, -0.1) is 0 Å². The molecule has 3 heterocycles. The number of aromatic nitrogens is 3. The van der Waals surface area contributed by atoms with Crippen molar-refractivity contribution in [3.05, 3.63) is 60.4 Å². The van der Waals surface area contributed by atoms with Gasteiger partial charge in [0.25, 0.3) is 5.91 Å². The normalized spacial score (nSPS) is 17.2. The van der Waals surface area contributed by atoms with E-state index in [9.17, 15) is 4.79 Å². The smallest absolute Gasteiger partial charge is 0.254 e. The van der Waals surface area contributed by atoms with Crippen molar-refractivity contribution in [2.45, 2.75) is 32.4 Å². The summed E-state index contributed by atoms with van der Waals surface area (Å²) in [4.78, 5) is 18.8. The van der Waals surface area contributed by atoms with Crippen LogP contribution < -0.4 is 0 Å². The van der Waals surface area contributed by atoms with Crippen LogP contribution in [0.1, 0.15) is 28.8 Å². The van der Waals surface area contributed by atoms with E-state index in [4.69, 9.17) is 4.42 Å². The Bertz CT molecular complexity index is 852. The second kappa shape index (κ2) is 6.55. The highest BCUT2D eigenvalue weighted by Gasteiger charge is 2.29. The molecule has 1 fully saturated rings. The fraction of sp³-hybridized carbons (Fsp3) is 0.316. The molecule has 0 N–H and O–H groups in total. The number of carbonyl (C=O) groups is 1. The Morgan fingerprint density at radius 1 is 1.28 bits per heavy atom. The van der Waals surface area contributed by atoms with Gasteiger partial charge in [0.05, 0.1) is 25.0 Å². The summed E-state index contributed by atoms with van der Waals surface area (Å²) in [5.41, 5.74) is 2.75. The molecule has 128 valence electrons. The zero-order valence-corrected chi connectivity index (χ0v) is 14.1. The van der Waals surface area contributed by atoms with E-state index in [0.717, 1.165) is 37.1 Å². The third kappa shape index (κ3) is 3.20. The first-order valence-electron chi connectivity index (χ1n) is 8.49. The molecule has 1 amide bonds. The van der Waals surface area contributed by atoms with Gasteiger partial charge in [0.2, 0.25) is 0 Å². The number of nitrogens with zero attached hydrogens (tertiary/aromatic N) is 4. The van der Waals surface area contributed by atoms with E-state index >= 15 is 0 Å². The van der Waals surface area contributed by atoms with Gasteiger partial charge in [0.1, 0.15) is 0 Å². The van der Waals surface area contributed by atoms with Crippen LogP contribution in [0.15, 0.2) is 53.7 Å². The van der Waals surface area contributed by atoms with Crippen molar-refractivity contribution in [2.24, 2.45) is 0 Å². The SMILES string of the molecule is Cc1cnn(C[C@@H]2CCCN2C(=O)c2ccc(-c3cnco3)cc2)c1. The lowest BCUT2D eigenvalue weighted by Gasteiger charge is -2.25. The Balaban J connectivity index is 1.49. The van der Waals surface area contributed by atoms with Crippen molar-refractivity contribution >= 4 is 5.91 Å². The van der Waals surface area contributed by atoms with E-state index < -0.39 is 0 Å². The molecule has 0 saturated carbocycles. The number of benzene rings is 1. The highest BCUT2D eigenvalue weighted by molar-refractivity contribution is 5.95. The van der Waals surface area contributed by atoms with Crippen LogP contribution in [0.3, 0.4) is 0 Å². The molecular formula is C19H20N4O2. The van der Waals surface area contributed by atoms with Gasteiger partial charge < -0.3 is 9.32 Å². The second-order valence-electron chi connectivity index (χ2n) is 6.48. The van der Waals surface area contributed by atoms with Crippen LogP contribution >= 0.6 is 0 Å². The maximum absolute atomic E-state index is 12.9. The molecule has 0 radical (unpaired) electrons. The second-order valence-corrected chi connectivity index (χ2v) is 6.48. The van der Waals surface area contributed by atoms with Crippen molar-refractivity contribution in [1.29, 1.82) is 0 Å². The predicted molar refractivity (Wildman–Crippen MR) is 93.0 cm³/mol. The number of aryl methyl sites for hydroxylation is 1. The van der Waals surface area contributed by atoms with Gasteiger partial charge in [0, 0.05) is 23.9 Å². The summed E-state index contributed by atoms with van der Waals surface area (Å²) >= 11 is 0. The predicted octanol–water partition coefficient (Wildman–Crippen LogP) is 3.15. The fourth-order valence-electron chi connectivity index (χ4n) is 3.38. The Labute approximate surface area is 146 Å². The first kappa shape index (κ1) is 15.6. The number of hydrogen-bond acceptors (Lipinski definition) is 4. The van der Waals surface area contributed by atoms with Crippen LogP contribution in [0.2, 0.25) is 0 Å². The average molecular weight is 336 g/mol. The van der Waals surface area contributed by atoms with E-state index in [2.05, 4.69) is 10.1 Å². The van der Waals surface area contributed by atoms with E-state index in [1.807, 2.05) is 53.2 Å². The summed E-state index contributed by atoms with van der Waals surface area (Å²) in [7, 11) is 0. The number of amides is 1. The van der Waals surface area contributed by atoms with Gasteiger partial charge in [0.15, 0.2) is 12.2 Å². The van der Waals surface area contributed by atoms with Crippen LogP contribution in [0.4, 0.5) is 0 Å². The van der Waals surface area contributed by atoms with Crippen LogP contribution in [-0.2, 0) is 6.54 Å². The molecule has 1 saturated heterocycles. The van der Waals surface area contributed by atoms with Gasteiger partial charge >= 0.3 is 0 Å². The third-order valence-electron chi connectivity index (χ3n) is 4.65. The molecule has 0 spiro atoms. The lowest BCUT2D eigenvalue weighted by Crippen LogP contribution is -2.38. The number of hydrogen-bond donors (Lipinski definition) is 0. The Morgan fingerprint density at radius 3 is 2.80 bits per heavy atom. The van der Waals surface area contributed by atoms with E-state index in [0.29, 0.717) is 11.3 Å². The molecule has 25 heavy (non-hydrogen) atoms. The van der Waals surface area contributed by atoms with Crippen molar-refractivity contribution in [2.75, 3.05) is 6.54 Å². The van der Waals surface area contributed by atoms with Crippen molar-refractivity contribution in [3.8, 4) is 11.3 Å². The molecule has 6 heteroatoms. The number of likely N-dealkylation sites (tertiary alicyclic amines) is 1. The van der Waals surface area contributed by atoms with E-state index in [-0.39, 0.29) is 11.9 Å². The summed E-state index contributed by atoms with van der Waals surface area (Å²) in [6.07, 6.45) is 8.99. The summed E-state index contributed by atoms with van der Waals surface area (Å²) in [5.74, 6) is 0.780. The van der Waals surface area contributed by atoms with Crippen molar-refractivity contribution < 1.29 is 9.21 Å². The molecule has 0 bridgehead atoms. The summed E-state index contributed by atoms with van der Waals surface area (Å²) in [5, 5.41) is 4.35. The van der Waals surface area contributed by atoms with Crippen LogP contribution in [0.25, 0.3) is 11.3 Å². The van der Waals surface area contributed by atoms with Crippen LogP contribution in [0.5, 0.6) is 0 Å². The highest BCUT2D eigenvalue weighted by Crippen LogP contribution is 2.24. The molecule has 4 rings (SSSR count). The summed E-state index contributed by atoms with van der Waals surface area (Å²) < 4.78 is 7.22. The third-order valence-corrected chi connectivity index (χ3v) is 4.65. The van der Waals surface area contributed by atoms with Crippen molar-refractivity contribution in [3.63, 3.8) is 0 Å². The Hall–Kier alpha value is -2.89. The molecule has 1 aromatic carbocycles. The molecular weight excluding hydrogens is 316 g/mol. The zero-order valence-electron chi connectivity index (χ0n) is 14.1. The number of carbonyl (C=O) groups excluding carboxylic acids is 1. The molecule has 3 aromatic rings. The topological polar surface area (TPSA) is 64.2 Å². The lowest BCUT2D eigenvalue weighted by atomic mass is 10.1. The standard InChI is InChI=1S/C19H20N4O2/c1-14-9-21-22(11-14)12-17-3-2-8-23(17)19(24)16-6-4-15(5-7-16)18-10-20-13-25-18/h4-7,9-11,13,17H,2-3,8,12H2,1H3/t17-/m0/s1. The van der Waals surface area contributed by atoms with E-state index in [1.54, 1.807) is 6.20 Å². The summed E-state index contributed by atoms with van der Waals surface area (Å²) in [6.45, 7) is 3.57. The minimum absolute atomic E-state index is 0.0792. The van der Waals surface area contributed by atoms with Crippen LogP contribution in [-0.4, -0.2) is 38.2 Å². The van der Waals surface area contributed by atoms with E-state index in [1.165, 1.54) is 6.39 Å². The Morgan fingerprint density at radius 2 is 2.12 bits per heavy atom. The molecule has 1 aliphatic heterocycles. The maximum Gasteiger partial charge on any atom is 0.254 e. The van der Waals surface area contributed by atoms with Crippen LogP contribution in [0, 0.1) is 6.92 Å². The first-order chi connectivity index (χ1) is 12.2. The number of rotatable bonds is 4. The molecule has 0 aliphatic carbocycles. The van der Waals surface area contributed by atoms with Gasteiger partial charge in [-0.25, -0.2) is 4.98 Å². The van der Waals surface area contributed by atoms with Gasteiger partial charge in [-0.3, -0.25) is 9.48 Å². The van der Waals surface area contributed by atoms with Gasteiger partial charge in [-0.1, -0.05) is 12.1 Å². The van der Waals surface area contributed by atoms with Gasteiger partial charge in [-0.2, -0.15) is 5.10 Å². The number of oxazole rings is 1.